The first-order chi connectivity index (χ1) is 14.6. The van der Waals surface area contributed by atoms with Crippen molar-refractivity contribution in [2.24, 2.45) is 5.92 Å². The molecule has 1 aliphatic carbocycles. The van der Waals surface area contributed by atoms with Crippen molar-refractivity contribution in [1.82, 2.24) is 4.98 Å². The van der Waals surface area contributed by atoms with Gasteiger partial charge in [-0.25, -0.2) is 9.37 Å². The zero-order chi connectivity index (χ0) is 20.2. The number of aromatic nitrogens is 1. The number of nitrogens with zero attached hydrogens (tertiary/aromatic N) is 2. The molecule has 2 heterocycles. The predicted octanol–water partition coefficient (Wildman–Crippen LogP) is 5.08. The molecule has 1 saturated heterocycles. The summed E-state index contributed by atoms with van der Waals surface area (Å²) >= 11 is 1.46. The van der Waals surface area contributed by atoms with E-state index >= 15 is 0 Å². The van der Waals surface area contributed by atoms with Crippen molar-refractivity contribution in [1.29, 1.82) is 0 Å². The van der Waals surface area contributed by atoms with E-state index < -0.39 is 0 Å². The Morgan fingerprint density at radius 2 is 1.87 bits per heavy atom. The summed E-state index contributed by atoms with van der Waals surface area (Å²) in [5.41, 5.74) is 6.78. The summed E-state index contributed by atoms with van der Waals surface area (Å²) in [6, 6.07) is 19.2. The van der Waals surface area contributed by atoms with Crippen LogP contribution in [0.1, 0.15) is 11.1 Å². The van der Waals surface area contributed by atoms with Gasteiger partial charge in [0.25, 0.3) is 0 Å². The van der Waals surface area contributed by atoms with Gasteiger partial charge in [0.05, 0.1) is 16.1 Å². The lowest BCUT2D eigenvalue weighted by molar-refractivity contribution is -0.120. The number of benzene rings is 3. The van der Waals surface area contributed by atoms with E-state index in [1.165, 1.54) is 45.7 Å². The molecule has 6 rings (SSSR count). The SMILES string of the molecule is O=C(Nc1ccc2c(c1)Cc1ccccc1-2)C1CN(c2nc3ccc(F)cc3s2)C1. The summed E-state index contributed by atoms with van der Waals surface area (Å²) in [4.78, 5) is 19.3. The second-order valence-electron chi connectivity index (χ2n) is 7.91. The minimum atomic E-state index is -0.254. The number of carbonyl (C=O) groups excluding carboxylic acids is 1. The van der Waals surface area contributed by atoms with Crippen LogP contribution in [-0.2, 0) is 11.2 Å². The van der Waals surface area contributed by atoms with E-state index in [0.29, 0.717) is 13.1 Å². The van der Waals surface area contributed by atoms with Gasteiger partial charge >= 0.3 is 0 Å². The molecule has 0 spiro atoms. The third-order valence-corrected chi connectivity index (χ3v) is 7.00. The Hall–Kier alpha value is -3.25. The second-order valence-corrected chi connectivity index (χ2v) is 8.91. The highest BCUT2D eigenvalue weighted by molar-refractivity contribution is 7.22. The molecule has 4 aromatic rings. The molecule has 0 radical (unpaired) electrons. The molecule has 4 nitrogen and oxygen atoms in total. The summed E-state index contributed by atoms with van der Waals surface area (Å²) in [5.74, 6) is -0.288. The third kappa shape index (κ3) is 2.87. The van der Waals surface area contributed by atoms with E-state index in [4.69, 9.17) is 0 Å². The molecule has 1 N–H and O–H groups in total. The molecule has 148 valence electrons. The topological polar surface area (TPSA) is 45.2 Å². The summed E-state index contributed by atoms with van der Waals surface area (Å²) < 4.78 is 14.2. The molecule has 0 atom stereocenters. The Kier molecular flexibility index (Phi) is 3.89. The summed E-state index contributed by atoms with van der Waals surface area (Å²) in [6.45, 7) is 1.26. The van der Waals surface area contributed by atoms with E-state index in [2.05, 4.69) is 51.6 Å². The fraction of sp³-hybridized carbons (Fsp3) is 0.167. The van der Waals surface area contributed by atoms with Crippen molar-refractivity contribution in [2.45, 2.75) is 6.42 Å². The van der Waals surface area contributed by atoms with Crippen LogP contribution in [-0.4, -0.2) is 24.0 Å². The first-order valence-corrected chi connectivity index (χ1v) is 10.8. The van der Waals surface area contributed by atoms with Gasteiger partial charge in [0.15, 0.2) is 5.13 Å². The van der Waals surface area contributed by atoms with Gasteiger partial charge in [-0.2, -0.15) is 0 Å². The minimum absolute atomic E-state index is 0.0360. The minimum Gasteiger partial charge on any atom is -0.346 e. The van der Waals surface area contributed by atoms with Crippen molar-refractivity contribution >= 4 is 38.3 Å². The van der Waals surface area contributed by atoms with E-state index in [9.17, 15) is 9.18 Å². The van der Waals surface area contributed by atoms with Crippen molar-refractivity contribution in [2.75, 3.05) is 23.3 Å². The lowest BCUT2D eigenvalue weighted by Crippen LogP contribution is -2.52. The summed E-state index contributed by atoms with van der Waals surface area (Å²) in [5, 5.41) is 3.92. The number of fused-ring (bicyclic) bond motifs is 4. The Morgan fingerprint density at radius 1 is 1.03 bits per heavy atom. The average molecular weight is 415 g/mol. The number of rotatable bonds is 3. The van der Waals surface area contributed by atoms with Gasteiger partial charge in [-0.1, -0.05) is 41.7 Å². The van der Waals surface area contributed by atoms with Crippen LogP contribution in [0.25, 0.3) is 21.3 Å². The molecule has 0 unspecified atom stereocenters. The van der Waals surface area contributed by atoms with E-state index in [0.717, 1.165) is 27.5 Å². The quantitative estimate of drug-likeness (QED) is 0.447. The first-order valence-electron chi connectivity index (χ1n) is 9.97. The molecule has 0 bridgehead atoms. The fourth-order valence-electron chi connectivity index (χ4n) is 4.29. The maximum absolute atomic E-state index is 13.4. The number of nitrogens with one attached hydrogen (secondary N) is 1. The standard InChI is InChI=1S/C24H18FN3OS/c25-17-5-8-21-22(11-17)30-24(27-21)28-12-16(13-28)23(29)26-18-6-7-20-15(10-18)9-14-3-1-2-4-19(14)20/h1-8,10-11,16H,9,12-13H2,(H,26,29). The number of amides is 1. The molecule has 2 aliphatic rings. The molecule has 30 heavy (non-hydrogen) atoms. The number of hydrogen-bond acceptors (Lipinski definition) is 4. The largest absolute Gasteiger partial charge is 0.346 e. The van der Waals surface area contributed by atoms with Crippen molar-refractivity contribution in [3.8, 4) is 11.1 Å². The molecule has 6 heteroatoms. The Morgan fingerprint density at radius 3 is 2.77 bits per heavy atom. The predicted molar refractivity (Wildman–Crippen MR) is 119 cm³/mol. The number of hydrogen-bond donors (Lipinski definition) is 1. The highest BCUT2D eigenvalue weighted by Gasteiger charge is 2.34. The average Bonchev–Trinajstić information content (AvgIpc) is 3.26. The van der Waals surface area contributed by atoms with E-state index in [1.54, 1.807) is 6.07 Å². The zero-order valence-electron chi connectivity index (χ0n) is 16.1. The molecule has 1 fully saturated rings. The number of thiazole rings is 1. The van der Waals surface area contributed by atoms with Gasteiger partial charge in [-0.15, -0.1) is 0 Å². The molecule has 3 aromatic carbocycles. The van der Waals surface area contributed by atoms with Gasteiger partial charge in [0.1, 0.15) is 5.82 Å². The van der Waals surface area contributed by atoms with Gasteiger partial charge in [0, 0.05) is 18.8 Å². The lowest BCUT2D eigenvalue weighted by atomic mass is 9.99. The molecule has 1 aromatic heterocycles. The molecule has 1 aliphatic heterocycles. The normalized spacial score (nSPS) is 15.0. The third-order valence-electron chi connectivity index (χ3n) is 5.92. The monoisotopic (exact) mass is 415 g/mol. The summed E-state index contributed by atoms with van der Waals surface area (Å²) in [7, 11) is 0. The van der Waals surface area contributed by atoms with Crippen LogP contribution in [0.3, 0.4) is 0 Å². The number of halogens is 1. The Balaban J connectivity index is 1.12. The van der Waals surface area contributed by atoms with Gasteiger partial charge in [0.2, 0.25) is 5.91 Å². The molecular weight excluding hydrogens is 397 g/mol. The van der Waals surface area contributed by atoms with Crippen LogP contribution in [0.15, 0.2) is 60.7 Å². The zero-order valence-corrected chi connectivity index (χ0v) is 16.9. The van der Waals surface area contributed by atoms with E-state index in [-0.39, 0.29) is 17.6 Å². The maximum atomic E-state index is 13.4. The molecule has 0 saturated carbocycles. The smallest absolute Gasteiger partial charge is 0.231 e. The van der Waals surface area contributed by atoms with Crippen LogP contribution in [0.5, 0.6) is 0 Å². The van der Waals surface area contributed by atoms with Crippen LogP contribution in [0.4, 0.5) is 15.2 Å². The van der Waals surface area contributed by atoms with Crippen LogP contribution >= 0.6 is 11.3 Å². The van der Waals surface area contributed by atoms with E-state index in [1.807, 2.05) is 6.07 Å². The maximum Gasteiger partial charge on any atom is 0.231 e. The number of anilines is 2. The van der Waals surface area contributed by atoms with Crippen molar-refractivity contribution < 1.29 is 9.18 Å². The fourth-order valence-corrected chi connectivity index (χ4v) is 5.30. The summed E-state index contributed by atoms with van der Waals surface area (Å²) in [6.07, 6.45) is 0.907. The lowest BCUT2D eigenvalue weighted by Gasteiger charge is -2.37. The number of carbonyl (C=O) groups is 1. The van der Waals surface area contributed by atoms with Crippen molar-refractivity contribution in [3.63, 3.8) is 0 Å². The molecular formula is C24H18FN3OS. The van der Waals surface area contributed by atoms with Crippen molar-refractivity contribution in [3.05, 3.63) is 77.6 Å². The Bertz CT molecular complexity index is 1310. The van der Waals surface area contributed by atoms with Gasteiger partial charge in [-0.3, -0.25) is 4.79 Å². The second kappa shape index (κ2) is 6.64. The van der Waals surface area contributed by atoms with Gasteiger partial charge < -0.3 is 10.2 Å². The first kappa shape index (κ1) is 17.6. The van der Waals surface area contributed by atoms with Crippen LogP contribution < -0.4 is 10.2 Å². The Labute approximate surface area is 177 Å². The van der Waals surface area contributed by atoms with Crippen LogP contribution in [0.2, 0.25) is 0 Å². The highest BCUT2D eigenvalue weighted by atomic mass is 32.1. The molecule has 1 amide bonds. The highest BCUT2D eigenvalue weighted by Crippen LogP contribution is 2.38. The van der Waals surface area contributed by atoms with Crippen LogP contribution in [0, 0.1) is 11.7 Å². The van der Waals surface area contributed by atoms with Gasteiger partial charge in [-0.05, 0) is 59.0 Å².